The largest absolute Gasteiger partial charge is 0.485 e. The quantitative estimate of drug-likeness (QED) is 0.918. The molecule has 2 aromatic rings. The lowest BCUT2D eigenvalue weighted by Gasteiger charge is -2.38. The number of para-hydroxylation sites is 2. The maximum absolute atomic E-state index is 12.7. The van der Waals surface area contributed by atoms with Crippen LogP contribution in [0.5, 0.6) is 11.5 Å². The Balaban J connectivity index is 1.44. The first-order chi connectivity index (χ1) is 12.8. The molecule has 0 aliphatic carbocycles. The monoisotopic (exact) mass is 353 g/mol. The Kier molecular flexibility index (Phi) is 4.80. The highest BCUT2D eigenvalue weighted by atomic mass is 16.6. The van der Waals surface area contributed by atoms with Crippen molar-refractivity contribution in [2.45, 2.75) is 24.4 Å². The van der Waals surface area contributed by atoms with Gasteiger partial charge < -0.3 is 19.5 Å². The summed E-state index contributed by atoms with van der Waals surface area (Å²) in [6.07, 6.45) is 1.15. The van der Waals surface area contributed by atoms with Crippen molar-refractivity contribution in [2.75, 3.05) is 26.4 Å². The Morgan fingerprint density at radius 2 is 1.69 bits per heavy atom. The maximum Gasteiger partial charge on any atom is 0.264 e. The van der Waals surface area contributed by atoms with E-state index in [1.807, 2.05) is 42.5 Å². The van der Waals surface area contributed by atoms with Crippen LogP contribution in [0.1, 0.15) is 18.4 Å². The van der Waals surface area contributed by atoms with Gasteiger partial charge in [-0.2, -0.15) is 0 Å². The molecule has 2 aromatic carbocycles. The standard InChI is InChI=1S/C21H23NO4/c23-20(19-14-25-17-8-4-5-9-18(17)26-19)22-15-21(10-12-24-13-11-21)16-6-2-1-3-7-16/h1-9,19H,10-15H2,(H,22,23)/t19-/m1/s1. The van der Waals surface area contributed by atoms with Crippen LogP contribution in [0.25, 0.3) is 0 Å². The third-order valence-electron chi connectivity index (χ3n) is 5.24. The van der Waals surface area contributed by atoms with Crippen LogP contribution in [0.3, 0.4) is 0 Å². The molecule has 1 atom stereocenters. The van der Waals surface area contributed by atoms with E-state index in [4.69, 9.17) is 14.2 Å². The molecule has 4 rings (SSSR count). The van der Waals surface area contributed by atoms with E-state index in [9.17, 15) is 4.79 Å². The molecular formula is C21H23NO4. The lowest BCUT2D eigenvalue weighted by atomic mass is 9.74. The van der Waals surface area contributed by atoms with E-state index in [1.54, 1.807) is 0 Å². The topological polar surface area (TPSA) is 56.8 Å². The second kappa shape index (κ2) is 7.38. The zero-order valence-corrected chi connectivity index (χ0v) is 14.6. The van der Waals surface area contributed by atoms with Gasteiger partial charge in [-0.3, -0.25) is 4.79 Å². The van der Waals surface area contributed by atoms with Crippen LogP contribution in [-0.4, -0.2) is 38.4 Å². The van der Waals surface area contributed by atoms with Crippen LogP contribution < -0.4 is 14.8 Å². The average Bonchev–Trinajstić information content (AvgIpc) is 2.73. The van der Waals surface area contributed by atoms with Crippen molar-refractivity contribution in [3.63, 3.8) is 0 Å². The summed E-state index contributed by atoms with van der Waals surface area (Å²) >= 11 is 0. The zero-order valence-electron chi connectivity index (χ0n) is 14.6. The van der Waals surface area contributed by atoms with Gasteiger partial charge in [0.1, 0.15) is 6.61 Å². The highest BCUT2D eigenvalue weighted by Crippen LogP contribution is 2.34. The minimum Gasteiger partial charge on any atom is -0.485 e. The molecule has 136 valence electrons. The molecule has 5 nitrogen and oxygen atoms in total. The molecule has 26 heavy (non-hydrogen) atoms. The molecule has 0 radical (unpaired) electrons. The molecule has 1 saturated heterocycles. The van der Waals surface area contributed by atoms with Gasteiger partial charge in [0.25, 0.3) is 5.91 Å². The molecule has 0 bridgehead atoms. The Morgan fingerprint density at radius 3 is 2.46 bits per heavy atom. The van der Waals surface area contributed by atoms with Crippen LogP contribution in [0, 0.1) is 0 Å². The predicted molar refractivity (Wildman–Crippen MR) is 97.5 cm³/mol. The van der Waals surface area contributed by atoms with E-state index in [2.05, 4.69) is 17.4 Å². The van der Waals surface area contributed by atoms with Gasteiger partial charge in [0, 0.05) is 25.2 Å². The van der Waals surface area contributed by atoms with Crippen molar-refractivity contribution in [3.8, 4) is 11.5 Å². The number of fused-ring (bicyclic) bond motifs is 1. The molecule has 2 heterocycles. The molecule has 0 saturated carbocycles. The van der Waals surface area contributed by atoms with Crippen LogP contribution >= 0.6 is 0 Å². The molecule has 2 aliphatic heterocycles. The van der Waals surface area contributed by atoms with Gasteiger partial charge in [0.2, 0.25) is 6.10 Å². The summed E-state index contributed by atoms with van der Waals surface area (Å²) in [5.74, 6) is 1.16. The van der Waals surface area contributed by atoms with E-state index in [0.29, 0.717) is 31.3 Å². The van der Waals surface area contributed by atoms with Crippen molar-refractivity contribution >= 4 is 5.91 Å². The number of rotatable bonds is 4. The van der Waals surface area contributed by atoms with Gasteiger partial charge in [-0.1, -0.05) is 42.5 Å². The Bertz CT molecular complexity index is 756. The highest BCUT2D eigenvalue weighted by Gasteiger charge is 2.36. The minimum absolute atomic E-state index is 0.0946. The molecule has 1 N–H and O–H groups in total. The minimum atomic E-state index is -0.627. The van der Waals surface area contributed by atoms with Crippen LogP contribution in [0.4, 0.5) is 0 Å². The smallest absolute Gasteiger partial charge is 0.264 e. The third-order valence-corrected chi connectivity index (χ3v) is 5.24. The fourth-order valence-electron chi connectivity index (χ4n) is 3.64. The second-order valence-corrected chi connectivity index (χ2v) is 6.84. The predicted octanol–water partition coefficient (Wildman–Crippen LogP) is 2.69. The second-order valence-electron chi connectivity index (χ2n) is 6.84. The summed E-state index contributed by atoms with van der Waals surface area (Å²) in [5.41, 5.74) is 1.15. The Morgan fingerprint density at radius 1 is 1.00 bits per heavy atom. The van der Waals surface area contributed by atoms with E-state index >= 15 is 0 Å². The Labute approximate surface area is 153 Å². The Hall–Kier alpha value is -2.53. The van der Waals surface area contributed by atoms with E-state index in [1.165, 1.54) is 5.56 Å². The number of ether oxygens (including phenoxy) is 3. The number of hydrogen-bond acceptors (Lipinski definition) is 4. The molecule has 2 aliphatic rings. The number of carbonyl (C=O) groups excluding carboxylic acids is 1. The van der Waals surface area contributed by atoms with Crippen molar-refractivity contribution in [3.05, 3.63) is 60.2 Å². The fraction of sp³-hybridized carbons (Fsp3) is 0.381. The zero-order chi connectivity index (χ0) is 17.8. The van der Waals surface area contributed by atoms with Gasteiger partial charge in [0.15, 0.2) is 11.5 Å². The van der Waals surface area contributed by atoms with Crippen molar-refractivity contribution in [2.24, 2.45) is 0 Å². The van der Waals surface area contributed by atoms with Gasteiger partial charge in [-0.25, -0.2) is 0 Å². The molecule has 0 unspecified atom stereocenters. The number of nitrogens with one attached hydrogen (secondary N) is 1. The first kappa shape index (κ1) is 16.9. The maximum atomic E-state index is 12.7. The summed E-state index contributed by atoms with van der Waals surface area (Å²) in [6.45, 7) is 2.22. The van der Waals surface area contributed by atoms with Gasteiger partial charge in [-0.05, 0) is 30.5 Å². The third kappa shape index (κ3) is 3.40. The average molecular weight is 353 g/mol. The van der Waals surface area contributed by atoms with Crippen LogP contribution in [-0.2, 0) is 14.9 Å². The van der Waals surface area contributed by atoms with E-state index in [0.717, 1.165) is 12.8 Å². The normalized spacial score (nSPS) is 21.0. The van der Waals surface area contributed by atoms with Crippen molar-refractivity contribution < 1.29 is 19.0 Å². The van der Waals surface area contributed by atoms with Gasteiger partial charge in [0.05, 0.1) is 0 Å². The molecule has 0 aromatic heterocycles. The highest BCUT2D eigenvalue weighted by molar-refractivity contribution is 5.81. The van der Waals surface area contributed by atoms with Gasteiger partial charge >= 0.3 is 0 Å². The van der Waals surface area contributed by atoms with Crippen LogP contribution in [0.2, 0.25) is 0 Å². The van der Waals surface area contributed by atoms with Crippen LogP contribution in [0.15, 0.2) is 54.6 Å². The molecule has 0 spiro atoms. The number of hydrogen-bond donors (Lipinski definition) is 1. The first-order valence-corrected chi connectivity index (χ1v) is 9.06. The molecular weight excluding hydrogens is 330 g/mol. The lowest BCUT2D eigenvalue weighted by Crippen LogP contribution is -2.50. The summed E-state index contributed by atoms with van der Waals surface area (Å²) in [5, 5.41) is 3.09. The summed E-state index contributed by atoms with van der Waals surface area (Å²) in [4.78, 5) is 12.7. The number of amides is 1. The molecule has 1 amide bonds. The van der Waals surface area contributed by atoms with Crippen molar-refractivity contribution in [1.82, 2.24) is 5.32 Å². The molecule has 5 heteroatoms. The molecule has 1 fully saturated rings. The first-order valence-electron chi connectivity index (χ1n) is 9.06. The van der Waals surface area contributed by atoms with Crippen molar-refractivity contribution in [1.29, 1.82) is 0 Å². The van der Waals surface area contributed by atoms with Gasteiger partial charge in [-0.15, -0.1) is 0 Å². The summed E-state index contributed by atoms with van der Waals surface area (Å²) in [6, 6.07) is 17.8. The van der Waals surface area contributed by atoms with E-state index in [-0.39, 0.29) is 17.9 Å². The van der Waals surface area contributed by atoms with E-state index < -0.39 is 6.10 Å². The summed E-state index contributed by atoms with van der Waals surface area (Å²) < 4.78 is 17.0. The fourth-order valence-corrected chi connectivity index (χ4v) is 3.64. The summed E-state index contributed by atoms with van der Waals surface area (Å²) in [7, 11) is 0. The SMILES string of the molecule is O=C(NCC1(c2ccccc2)CCOCC1)[C@H]1COc2ccccc2O1. The lowest BCUT2D eigenvalue weighted by molar-refractivity contribution is -0.130. The number of carbonyl (C=O) groups is 1. The number of benzene rings is 2.